The molecule has 4 aromatic rings. The second kappa shape index (κ2) is 10.9. The molecule has 0 radical (unpaired) electrons. The van der Waals surface area contributed by atoms with Crippen molar-refractivity contribution in [1.82, 2.24) is 14.8 Å². The standard InChI is InChI=1S/C27H22FN5O7S/c1-36-22-17(9-16-10-19(32-40-16)14-3-5-15(28)6-4-14)18(23(37-2)25-24(22)38-13-39-25)12-29-31-26(35)20-11-21(34)33-7-8-41-27(33)30-20/h3-8,11-12,16H,9-10,13H2,1-2H3,(H,31,35)/b29-12-/t16-/m1/s1. The van der Waals surface area contributed by atoms with Crippen molar-refractivity contribution in [1.29, 1.82) is 0 Å². The van der Waals surface area contributed by atoms with Crippen LogP contribution in [0.15, 0.2) is 57.0 Å². The second-order valence-electron chi connectivity index (χ2n) is 8.94. The van der Waals surface area contributed by atoms with Crippen LogP contribution in [0.3, 0.4) is 0 Å². The molecule has 12 nitrogen and oxygen atoms in total. The van der Waals surface area contributed by atoms with Gasteiger partial charge in [0.25, 0.3) is 11.5 Å². The average Bonchev–Trinajstić information content (AvgIpc) is 3.75. The number of hydrogen-bond acceptors (Lipinski definition) is 11. The Morgan fingerprint density at radius 2 is 1.98 bits per heavy atom. The van der Waals surface area contributed by atoms with E-state index in [1.54, 1.807) is 23.7 Å². The van der Waals surface area contributed by atoms with E-state index in [4.69, 9.17) is 23.8 Å². The third-order valence-electron chi connectivity index (χ3n) is 6.52. The number of oxime groups is 1. The predicted octanol–water partition coefficient (Wildman–Crippen LogP) is 3.14. The summed E-state index contributed by atoms with van der Waals surface area (Å²) in [6.07, 6.45) is 3.32. The Labute approximate surface area is 235 Å². The number of carbonyl (C=O) groups excluding carboxylic acids is 1. The minimum atomic E-state index is -0.668. The fourth-order valence-corrected chi connectivity index (χ4v) is 5.36. The van der Waals surface area contributed by atoms with Crippen LogP contribution in [0.5, 0.6) is 23.0 Å². The smallest absolute Gasteiger partial charge is 0.290 e. The Hall–Kier alpha value is -4.98. The summed E-state index contributed by atoms with van der Waals surface area (Å²) >= 11 is 1.23. The molecule has 41 heavy (non-hydrogen) atoms. The molecule has 2 aromatic carbocycles. The molecule has 0 aliphatic carbocycles. The molecule has 14 heteroatoms. The molecule has 2 aliphatic rings. The predicted molar refractivity (Wildman–Crippen MR) is 146 cm³/mol. The largest absolute Gasteiger partial charge is 0.492 e. The van der Waals surface area contributed by atoms with E-state index < -0.39 is 12.0 Å². The third kappa shape index (κ3) is 4.93. The number of amides is 1. The Kier molecular flexibility index (Phi) is 6.97. The van der Waals surface area contributed by atoms with Gasteiger partial charge in [0.1, 0.15) is 17.6 Å². The molecular formula is C27H22FN5O7S. The van der Waals surface area contributed by atoms with Crippen LogP contribution in [0.1, 0.15) is 33.6 Å². The van der Waals surface area contributed by atoms with Gasteiger partial charge in [-0.05, 0) is 17.7 Å². The molecule has 210 valence electrons. The van der Waals surface area contributed by atoms with Gasteiger partial charge in [0.05, 0.1) is 26.1 Å². The zero-order chi connectivity index (χ0) is 28.5. The van der Waals surface area contributed by atoms with Gasteiger partial charge >= 0.3 is 0 Å². The van der Waals surface area contributed by atoms with Gasteiger partial charge in [-0.15, -0.1) is 11.3 Å². The van der Waals surface area contributed by atoms with E-state index >= 15 is 0 Å². The number of carbonyl (C=O) groups is 1. The molecule has 6 rings (SSSR count). The van der Waals surface area contributed by atoms with Gasteiger partial charge in [0, 0.05) is 41.6 Å². The summed E-state index contributed by atoms with van der Waals surface area (Å²) in [4.78, 5) is 35.4. The summed E-state index contributed by atoms with van der Waals surface area (Å²) in [6, 6.07) is 7.15. The van der Waals surface area contributed by atoms with E-state index in [-0.39, 0.29) is 23.9 Å². The van der Waals surface area contributed by atoms with Crippen LogP contribution in [0, 0.1) is 5.82 Å². The Bertz CT molecular complexity index is 1770. The number of nitrogens with one attached hydrogen (secondary N) is 1. The summed E-state index contributed by atoms with van der Waals surface area (Å²) in [7, 11) is 2.97. The number of rotatable bonds is 8. The number of ether oxygens (including phenoxy) is 4. The summed E-state index contributed by atoms with van der Waals surface area (Å²) in [5.74, 6) is 0.400. The number of nitrogens with zero attached hydrogens (tertiary/aromatic N) is 4. The number of halogens is 1. The topological polar surface area (TPSA) is 134 Å². The first-order chi connectivity index (χ1) is 20.0. The maximum atomic E-state index is 13.4. The lowest BCUT2D eigenvalue weighted by Crippen LogP contribution is -2.23. The van der Waals surface area contributed by atoms with Gasteiger partial charge in [-0.3, -0.25) is 14.0 Å². The van der Waals surface area contributed by atoms with Gasteiger partial charge in [0.2, 0.25) is 18.3 Å². The minimum Gasteiger partial charge on any atom is -0.492 e. The molecule has 2 aromatic heterocycles. The van der Waals surface area contributed by atoms with Crippen LogP contribution in [0.2, 0.25) is 0 Å². The maximum absolute atomic E-state index is 13.4. The van der Waals surface area contributed by atoms with Gasteiger partial charge in [-0.25, -0.2) is 14.8 Å². The molecule has 0 saturated carbocycles. The van der Waals surface area contributed by atoms with Crippen LogP contribution in [-0.4, -0.2) is 54.3 Å². The number of thiazole rings is 1. The summed E-state index contributed by atoms with van der Waals surface area (Å²) < 4.78 is 37.4. The van der Waals surface area contributed by atoms with Crippen molar-refractivity contribution in [2.45, 2.75) is 18.9 Å². The van der Waals surface area contributed by atoms with Crippen LogP contribution in [0.4, 0.5) is 4.39 Å². The van der Waals surface area contributed by atoms with Crippen LogP contribution in [0.25, 0.3) is 4.96 Å². The molecule has 0 fully saturated rings. The molecule has 0 spiro atoms. The first-order valence-corrected chi connectivity index (χ1v) is 13.2. The normalized spacial score (nSPS) is 15.7. The molecular weight excluding hydrogens is 557 g/mol. The highest BCUT2D eigenvalue weighted by molar-refractivity contribution is 7.15. The van der Waals surface area contributed by atoms with Crippen LogP contribution >= 0.6 is 11.3 Å². The number of aromatic nitrogens is 2. The van der Waals surface area contributed by atoms with Gasteiger partial charge < -0.3 is 23.8 Å². The molecule has 2 aliphatic heterocycles. The third-order valence-corrected chi connectivity index (χ3v) is 7.27. The van der Waals surface area contributed by atoms with Crippen molar-refractivity contribution in [3.8, 4) is 23.0 Å². The maximum Gasteiger partial charge on any atom is 0.290 e. The van der Waals surface area contributed by atoms with Crippen molar-refractivity contribution < 1.29 is 33.0 Å². The monoisotopic (exact) mass is 579 g/mol. The van der Waals surface area contributed by atoms with E-state index in [1.165, 1.54) is 48.3 Å². The van der Waals surface area contributed by atoms with Gasteiger partial charge in [-0.2, -0.15) is 5.10 Å². The fraction of sp³-hybridized carbons (Fsp3) is 0.222. The van der Waals surface area contributed by atoms with Gasteiger partial charge in [-0.1, -0.05) is 17.3 Å². The van der Waals surface area contributed by atoms with Crippen molar-refractivity contribution in [3.63, 3.8) is 0 Å². The highest BCUT2D eigenvalue weighted by Crippen LogP contribution is 2.52. The van der Waals surface area contributed by atoms with Crippen molar-refractivity contribution in [3.05, 3.63) is 80.5 Å². The highest BCUT2D eigenvalue weighted by atomic mass is 32.1. The SMILES string of the molecule is COc1c(/C=N\NC(=O)c2cc(=O)n3ccsc3n2)c(C[C@@H]2CC(c3ccc(F)cc3)=NO2)c(OC)c2c1OCO2. The second-order valence-corrected chi connectivity index (χ2v) is 9.81. The van der Waals surface area contributed by atoms with E-state index in [1.807, 2.05) is 0 Å². The minimum absolute atomic E-state index is 0.0387. The molecule has 1 amide bonds. The van der Waals surface area contributed by atoms with Crippen LogP contribution in [-0.2, 0) is 11.3 Å². The lowest BCUT2D eigenvalue weighted by molar-refractivity contribution is 0.0853. The lowest BCUT2D eigenvalue weighted by atomic mass is 9.95. The quantitative estimate of drug-likeness (QED) is 0.249. The van der Waals surface area contributed by atoms with E-state index in [0.717, 1.165) is 11.6 Å². The van der Waals surface area contributed by atoms with Crippen molar-refractivity contribution in [2.24, 2.45) is 10.3 Å². The van der Waals surface area contributed by atoms with E-state index in [2.05, 4.69) is 20.7 Å². The van der Waals surface area contributed by atoms with Crippen molar-refractivity contribution in [2.75, 3.05) is 21.0 Å². The lowest BCUT2D eigenvalue weighted by Gasteiger charge is -2.19. The molecule has 0 saturated heterocycles. The molecule has 0 unspecified atom stereocenters. The molecule has 1 atom stereocenters. The van der Waals surface area contributed by atoms with E-state index in [9.17, 15) is 14.0 Å². The number of hydrazone groups is 1. The first-order valence-electron chi connectivity index (χ1n) is 12.3. The fourth-order valence-electron chi connectivity index (χ4n) is 4.64. The summed E-state index contributed by atoms with van der Waals surface area (Å²) in [5.41, 5.74) is 4.45. The first kappa shape index (κ1) is 26.3. The zero-order valence-electron chi connectivity index (χ0n) is 21.8. The Morgan fingerprint density at radius 3 is 2.73 bits per heavy atom. The average molecular weight is 580 g/mol. The summed E-state index contributed by atoms with van der Waals surface area (Å²) in [6.45, 7) is -0.0387. The molecule has 4 heterocycles. The molecule has 1 N–H and O–H groups in total. The summed E-state index contributed by atoms with van der Waals surface area (Å²) in [5, 5.41) is 10.0. The highest BCUT2D eigenvalue weighted by Gasteiger charge is 2.34. The van der Waals surface area contributed by atoms with Gasteiger partial charge in [0.15, 0.2) is 16.5 Å². The van der Waals surface area contributed by atoms with Crippen molar-refractivity contribution >= 4 is 34.1 Å². The number of fused-ring (bicyclic) bond motifs is 2. The number of hydrogen-bond donors (Lipinski definition) is 1. The number of benzene rings is 2. The van der Waals surface area contributed by atoms with E-state index in [0.29, 0.717) is 57.6 Å². The Morgan fingerprint density at radius 1 is 1.22 bits per heavy atom. The molecule has 0 bridgehead atoms. The van der Waals surface area contributed by atoms with Crippen LogP contribution < -0.4 is 29.9 Å². The zero-order valence-corrected chi connectivity index (χ0v) is 22.6. The number of methoxy groups -OCH3 is 2. The Balaban J connectivity index is 1.30.